The normalized spacial score (nSPS) is 19.4. The molecule has 1 amide bonds. The molecule has 33 heavy (non-hydrogen) atoms. The quantitative estimate of drug-likeness (QED) is 0.605. The number of carbonyl (C=O) groups excluding carboxylic acids is 2. The molecular formula is C25H24N4O4. The first-order chi connectivity index (χ1) is 16.0. The predicted octanol–water partition coefficient (Wildman–Crippen LogP) is 3.21. The van der Waals surface area contributed by atoms with Crippen LogP contribution in [0.4, 0.5) is 11.4 Å². The van der Waals surface area contributed by atoms with Crippen molar-refractivity contribution >= 4 is 23.1 Å². The van der Waals surface area contributed by atoms with Crippen molar-refractivity contribution in [2.45, 2.75) is 6.04 Å². The Bertz CT molecular complexity index is 1180. The van der Waals surface area contributed by atoms with Gasteiger partial charge in [0.2, 0.25) is 5.78 Å². The number of amides is 1. The lowest BCUT2D eigenvalue weighted by Gasteiger charge is -2.34. The summed E-state index contributed by atoms with van der Waals surface area (Å²) in [5.74, 6) is -1.68. The van der Waals surface area contributed by atoms with Gasteiger partial charge in [0.05, 0.1) is 17.9 Å². The molecule has 1 aromatic carbocycles. The van der Waals surface area contributed by atoms with Gasteiger partial charge in [0.1, 0.15) is 0 Å². The van der Waals surface area contributed by atoms with Gasteiger partial charge in [-0.25, -0.2) is 0 Å². The van der Waals surface area contributed by atoms with Gasteiger partial charge in [0, 0.05) is 49.9 Å². The van der Waals surface area contributed by atoms with E-state index in [0.29, 0.717) is 11.3 Å². The maximum Gasteiger partial charge on any atom is 0.294 e. The number of carbonyl (C=O) groups is 2. The van der Waals surface area contributed by atoms with E-state index in [4.69, 9.17) is 4.42 Å². The zero-order valence-corrected chi connectivity index (χ0v) is 18.2. The van der Waals surface area contributed by atoms with E-state index in [0.717, 1.165) is 31.9 Å². The number of piperazine rings is 1. The van der Waals surface area contributed by atoms with Crippen molar-refractivity contribution in [2.75, 3.05) is 43.0 Å². The Morgan fingerprint density at radius 1 is 1.03 bits per heavy atom. The Kier molecular flexibility index (Phi) is 5.43. The number of aliphatic hydroxyl groups is 1. The van der Waals surface area contributed by atoms with Crippen molar-refractivity contribution in [3.8, 4) is 0 Å². The zero-order chi connectivity index (χ0) is 22.9. The Labute approximate surface area is 191 Å². The van der Waals surface area contributed by atoms with Gasteiger partial charge >= 0.3 is 0 Å². The number of hydrogen-bond donors (Lipinski definition) is 1. The lowest BCUT2D eigenvalue weighted by Crippen LogP contribution is -2.44. The highest BCUT2D eigenvalue weighted by molar-refractivity contribution is 6.20. The van der Waals surface area contributed by atoms with Crippen LogP contribution >= 0.6 is 0 Å². The molecule has 0 radical (unpaired) electrons. The number of hydrogen-bond acceptors (Lipinski definition) is 7. The molecule has 0 spiro atoms. The average molecular weight is 444 g/mol. The van der Waals surface area contributed by atoms with E-state index in [1.54, 1.807) is 30.6 Å². The van der Waals surface area contributed by atoms with Crippen LogP contribution in [0.25, 0.3) is 0 Å². The monoisotopic (exact) mass is 444 g/mol. The number of rotatable bonds is 5. The van der Waals surface area contributed by atoms with E-state index in [2.05, 4.69) is 21.8 Å². The van der Waals surface area contributed by atoms with Gasteiger partial charge in [-0.15, -0.1) is 0 Å². The Hall–Kier alpha value is -3.91. The van der Waals surface area contributed by atoms with Gasteiger partial charge in [-0.2, -0.15) is 0 Å². The third-order valence-electron chi connectivity index (χ3n) is 6.19. The SMILES string of the molecule is CN1CCN(c2ccc(N3C(=O)C(O)=C(C(=O)c4ccco4)C3c3cccnc3)cc2)CC1. The van der Waals surface area contributed by atoms with Crippen molar-refractivity contribution in [1.29, 1.82) is 0 Å². The summed E-state index contributed by atoms with van der Waals surface area (Å²) in [6.45, 7) is 3.85. The minimum absolute atomic E-state index is 0.0221. The summed E-state index contributed by atoms with van der Waals surface area (Å²) in [5, 5.41) is 10.8. The van der Waals surface area contributed by atoms with Crippen LogP contribution in [0.3, 0.4) is 0 Å². The Morgan fingerprint density at radius 2 is 1.76 bits per heavy atom. The predicted molar refractivity (Wildman–Crippen MR) is 123 cm³/mol. The van der Waals surface area contributed by atoms with Crippen molar-refractivity contribution < 1.29 is 19.1 Å². The summed E-state index contributed by atoms with van der Waals surface area (Å²) in [6, 6.07) is 13.4. The maximum absolute atomic E-state index is 13.2. The number of Topliss-reactive ketones (excluding diaryl/α,β-unsaturated/α-hetero) is 1. The van der Waals surface area contributed by atoms with Crippen LogP contribution in [-0.2, 0) is 4.79 Å². The molecule has 3 aromatic rings. The third-order valence-corrected chi connectivity index (χ3v) is 6.19. The highest BCUT2D eigenvalue weighted by Gasteiger charge is 2.45. The molecule has 1 unspecified atom stereocenters. The molecular weight excluding hydrogens is 420 g/mol. The molecule has 1 atom stereocenters. The average Bonchev–Trinajstić information content (AvgIpc) is 3.47. The minimum Gasteiger partial charge on any atom is -0.503 e. The Balaban J connectivity index is 1.51. The van der Waals surface area contributed by atoms with E-state index in [1.807, 2.05) is 24.3 Å². The first-order valence-electron chi connectivity index (χ1n) is 10.8. The second kappa shape index (κ2) is 8.55. The van der Waals surface area contributed by atoms with E-state index in [9.17, 15) is 14.7 Å². The maximum atomic E-state index is 13.2. The van der Waals surface area contributed by atoms with Crippen LogP contribution in [0, 0.1) is 0 Å². The van der Waals surface area contributed by atoms with Gasteiger partial charge in [-0.3, -0.25) is 19.5 Å². The highest BCUT2D eigenvalue weighted by Crippen LogP contribution is 2.42. The molecule has 0 saturated carbocycles. The van der Waals surface area contributed by atoms with E-state index < -0.39 is 23.5 Å². The molecule has 2 aliphatic heterocycles. The van der Waals surface area contributed by atoms with Crippen LogP contribution < -0.4 is 9.80 Å². The van der Waals surface area contributed by atoms with Gasteiger partial charge in [0.25, 0.3) is 5.91 Å². The number of anilines is 2. The van der Waals surface area contributed by atoms with Crippen molar-refractivity contribution in [3.63, 3.8) is 0 Å². The number of nitrogens with zero attached hydrogens (tertiary/aromatic N) is 4. The summed E-state index contributed by atoms with van der Waals surface area (Å²) in [4.78, 5) is 36.6. The summed E-state index contributed by atoms with van der Waals surface area (Å²) in [5.41, 5.74) is 2.25. The van der Waals surface area contributed by atoms with Crippen LogP contribution in [0.1, 0.15) is 22.2 Å². The second-order valence-electron chi connectivity index (χ2n) is 8.24. The molecule has 0 aliphatic carbocycles. The summed E-state index contributed by atoms with van der Waals surface area (Å²) in [7, 11) is 2.11. The van der Waals surface area contributed by atoms with Gasteiger partial charge in [0.15, 0.2) is 11.5 Å². The molecule has 2 aromatic heterocycles. The van der Waals surface area contributed by atoms with Crippen molar-refractivity contribution in [2.24, 2.45) is 0 Å². The molecule has 8 nitrogen and oxygen atoms in total. The molecule has 1 saturated heterocycles. The summed E-state index contributed by atoms with van der Waals surface area (Å²) >= 11 is 0. The first kappa shape index (κ1) is 21.0. The summed E-state index contributed by atoms with van der Waals surface area (Å²) < 4.78 is 5.26. The number of aliphatic hydroxyl groups excluding tert-OH is 1. The largest absolute Gasteiger partial charge is 0.503 e. The summed E-state index contributed by atoms with van der Waals surface area (Å²) in [6.07, 6.45) is 4.60. The van der Waals surface area contributed by atoms with Crippen LogP contribution in [0.5, 0.6) is 0 Å². The van der Waals surface area contributed by atoms with E-state index >= 15 is 0 Å². The molecule has 0 bridgehead atoms. The molecule has 1 fully saturated rings. The highest BCUT2D eigenvalue weighted by atomic mass is 16.3. The van der Waals surface area contributed by atoms with E-state index in [-0.39, 0.29) is 11.3 Å². The van der Waals surface area contributed by atoms with Crippen LogP contribution in [-0.4, -0.2) is 59.9 Å². The van der Waals surface area contributed by atoms with Gasteiger partial charge < -0.3 is 19.3 Å². The topological polar surface area (TPSA) is 90.1 Å². The number of furan rings is 1. The number of pyridine rings is 1. The van der Waals surface area contributed by atoms with Crippen LogP contribution in [0.2, 0.25) is 0 Å². The Morgan fingerprint density at radius 3 is 2.39 bits per heavy atom. The number of benzene rings is 1. The molecule has 168 valence electrons. The van der Waals surface area contributed by atoms with Crippen LogP contribution in [0.15, 0.2) is 82.9 Å². The van der Waals surface area contributed by atoms with E-state index in [1.165, 1.54) is 17.2 Å². The number of aromatic nitrogens is 1. The molecule has 8 heteroatoms. The number of ketones is 1. The van der Waals surface area contributed by atoms with Gasteiger partial charge in [-0.1, -0.05) is 6.07 Å². The minimum atomic E-state index is -0.821. The van der Waals surface area contributed by atoms with Crippen molar-refractivity contribution in [3.05, 3.63) is 89.8 Å². The van der Waals surface area contributed by atoms with Crippen molar-refractivity contribution in [1.82, 2.24) is 9.88 Å². The third kappa shape index (κ3) is 3.78. The smallest absolute Gasteiger partial charge is 0.294 e. The number of likely N-dealkylation sites (N-methyl/N-ethyl adjacent to an activating group) is 1. The molecule has 4 heterocycles. The molecule has 2 aliphatic rings. The fraction of sp³-hybridized carbons (Fsp3) is 0.240. The standard InChI is InChI=1S/C25H24N4O4/c1-27-11-13-28(14-12-27)18-6-8-19(9-7-18)29-22(17-4-2-10-26-16-17)21(24(31)25(29)32)23(30)20-5-3-15-33-20/h2-10,15-16,22,31H,11-14H2,1H3. The lowest BCUT2D eigenvalue weighted by atomic mass is 9.96. The fourth-order valence-corrected chi connectivity index (χ4v) is 4.39. The molecule has 1 N–H and O–H groups in total. The fourth-order valence-electron chi connectivity index (χ4n) is 4.39. The second-order valence-corrected chi connectivity index (χ2v) is 8.24. The van der Waals surface area contributed by atoms with Gasteiger partial charge in [-0.05, 0) is 55.1 Å². The molecule has 5 rings (SSSR count). The zero-order valence-electron chi connectivity index (χ0n) is 18.2. The first-order valence-corrected chi connectivity index (χ1v) is 10.8. The lowest BCUT2D eigenvalue weighted by molar-refractivity contribution is -0.117.